The average Bonchev–Trinajstić information content (AvgIpc) is 3.87. The highest BCUT2D eigenvalue weighted by Crippen LogP contribution is 2.55. The van der Waals surface area contributed by atoms with Gasteiger partial charge in [-0.25, -0.2) is 0 Å². The summed E-state index contributed by atoms with van der Waals surface area (Å²) in [6.45, 7) is 4.71. The van der Waals surface area contributed by atoms with Crippen LogP contribution in [0.4, 0.5) is 34.1 Å². The fraction of sp³-hybridized carbons (Fsp3) is 0.0476. The summed E-state index contributed by atoms with van der Waals surface area (Å²) in [5.41, 5.74) is 15.5. The quantitative estimate of drug-likeness (QED) is 0.156. The maximum absolute atomic E-state index is 7.03. The first-order valence-electron chi connectivity index (χ1n) is 23.1. The second-order valence-electron chi connectivity index (χ2n) is 18.4. The Morgan fingerprint density at radius 1 is 0.343 bits per heavy atom. The Balaban J connectivity index is 0.959. The number of benzene rings is 11. The van der Waals surface area contributed by atoms with E-state index in [1.165, 1.54) is 43.8 Å². The largest absolute Gasteiger partial charge is 0.456 e. The van der Waals surface area contributed by atoms with E-state index >= 15 is 0 Å². The number of fused-ring (bicyclic) bond motifs is 12. The summed E-state index contributed by atoms with van der Waals surface area (Å²) in [7, 11) is 0. The first kappa shape index (κ1) is 37.7. The smallest absolute Gasteiger partial charge is 0.159 e. The Labute approximate surface area is 388 Å². The van der Waals surface area contributed by atoms with Crippen LogP contribution >= 0.6 is 0 Å². The Morgan fingerprint density at radius 2 is 0.940 bits per heavy atom. The fourth-order valence-corrected chi connectivity index (χ4v) is 11.3. The molecule has 0 radical (unpaired) electrons. The van der Waals surface area contributed by atoms with Gasteiger partial charge in [0.25, 0.3) is 0 Å². The van der Waals surface area contributed by atoms with E-state index in [-0.39, 0.29) is 5.41 Å². The number of ether oxygens (including phenoxy) is 1. The third kappa shape index (κ3) is 5.54. The van der Waals surface area contributed by atoms with Crippen molar-refractivity contribution in [3.8, 4) is 33.8 Å². The van der Waals surface area contributed by atoms with Crippen LogP contribution in [-0.4, -0.2) is 0 Å². The molecule has 0 amide bonds. The molecule has 0 spiro atoms. The second kappa shape index (κ2) is 14.2. The first-order chi connectivity index (χ1) is 33.0. The van der Waals surface area contributed by atoms with Gasteiger partial charge in [-0.15, -0.1) is 0 Å². The SMILES string of the molecule is CC1(C)c2ccccc2-c2ccc(N(c3ccccc3)c3cc4c5cccc6c5c(cc4c4ccccc34)-c3ccc(N(c4ccccc4)c4cccc5c4oc4ccccc45)cc3O6)cc21. The second-order valence-corrected chi connectivity index (χ2v) is 18.4. The summed E-state index contributed by atoms with van der Waals surface area (Å²) in [6, 6.07) is 78.8. The lowest BCUT2D eigenvalue weighted by atomic mass is 9.82. The molecule has 0 bridgehead atoms. The molecule has 0 N–H and O–H groups in total. The molecule has 0 saturated carbocycles. The van der Waals surface area contributed by atoms with Crippen molar-refractivity contribution in [2.75, 3.05) is 9.80 Å². The standard InChI is InChI=1S/C63H42N2O2/c1-63(2)54-27-13-11-22-44(54)45-33-31-41(35-55(45)63)65(40-19-7-4-8-20-40)57-38-52-49-25-16-30-59-61(49)53(37-51(52)43-21-9-10-23-46(43)57)48-34-32-42(36-60(48)66-59)64(39-17-5-3-6-18-39)56-28-15-26-50-47-24-12-14-29-58(47)67-62(50)56/h3-38H,1-2H3. The highest BCUT2D eigenvalue weighted by molar-refractivity contribution is 6.26. The Morgan fingerprint density at radius 3 is 1.75 bits per heavy atom. The molecule has 1 aromatic heterocycles. The van der Waals surface area contributed by atoms with E-state index in [0.717, 1.165) is 89.5 Å². The van der Waals surface area contributed by atoms with Gasteiger partial charge < -0.3 is 19.0 Å². The molecule has 0 fully saturated rings. The molecule has 0 saturated heterocycles. The minimum atomic E-state index is -0.133. The van der Waals surface area contributed by atoms with Gasteiger partial charge in [-0.05, 0) is 128 Å². The summed E-state index contributed by atoms with van der Waals surface area (Å²) in [5, 5.41) is 9.24. The normalized spacial score (nSPS) is 13.2. The number of hydrogen-bond acceptors (Lipinski definition) is 4. The predicted molar refractivity (Wildman–Crippen MR) is 279 cm³/mol. The van der Waals surface area contributed by atoms with E-state index < -0.39 is 0 Å². The van der Waals surface area contributed by atoms with Crippen molar-refractivity contribution < 1.29 is 9.15 Å². The zero-order valence-electron chi connectivity index (χ0n) is 37.0. The molecule has 12 aromatic rings. The topological polar surface area (TPSA) is 28.9 Å². The van der Waals surface area contributed by atoms with Crippen molar-refractivity contribution in [1.29, 1.82) is 0 Å². The Bertz CT molecular complexity index is 4000. The van der Waals surface area contributed by atoms with Crippen molar-refractivity contribution in [2.45, 2.75) is 19.3 Å². The molecule has 2 heterocycles. The average molecular weight is 859 g/mol. The minimum absolute atomic E-state index is 0.133. The zero-order chi connectivity index (χ0) is 44.4. The molecule has 1 aliphatic heterocycles. The predicted octanol–water partition coefficient (Wildman–Crippen LogP) is 18.1. The molecule has 316 valence electrons. The monoisotopic (exact) mass is 858 g/mol. The third-order valence-electron chi connectivity index (χ3n) is 14.4. The van der Waals surface area contributed by atoms with Gasteiger partial charge >= 0.3 is 0 Å². The van der Waals surface area contributed by atoms with Crippen LogP contribution in [0.2, 0.25) is 0 Å². The van der Waals surface area contributed by atoms with E-state index in [0.29, 0.717) is 0 Å². The van der Waals surface area contributed by atoms with Crippen LogP contribution in [-0.2, 0) is 5.41 Å². The molecule has 1 aliphatic carbocycles. The van der Waals surface area contributed by atoms with Crippen LogP contribution in [0.1, 0.15) is 25.0 Å². The molecule has 67 heavy (non-hydrogen) atoms. The van der Waals surface area contributed by atoms with Gasteiger partial charge in [-0.3, -0.25) is 0 Å². The van der Waals surface area contributed by atoms with Crippen molar-refractivity contribution >= 4 is 88.4 Å². The maximum Gasteiger partial charge on any atom is 0.159 e. The Kier molecular flexibility index (Phi) is 8.00. The van der Waals surface area contributed by atoms with Gasteiger partial charge in [-0.1, -0.05) is 147 Å². The van der Waals surface area contributed by atoms with E-state index in [9.17, 15) is 0 Å². The van der Waals surface area contributed by atoms with E-state index in [4.69, 9.17) is 9.15 Å². The number of hydrogen-bond donors (Lipinski definition) is 0. The highest BCUT2D eigenvalue weighted by atomic mass is 16.5. The third-order valence-corrected chi connectivity index (χ3v) is 14.4. The van der Waals surface area contributed by atoms with Crippen molar-refractivity contribution in [3.05, 3.63) is 230 Å². The number of nitrogens with zero attached hydrogens (tertiary/aromatic N) is 2. The van der Waals surface area contributed by atoms with Crippen molar-refractivity contribution in [1.82, 2.24) is 0 Å². The summed E-state index contributed by atoms with van der Waals surface area (Å²) >= 11 is 0. The Hall–Kier alpha value is -8.60. The summed E-state index contributed by atoms with van der Waals surface area (Å²) in [5.74, 6) is 1.66. The van der Waals surface area contributed by atoms with Crippen LogP contribution in [0.25, 0.3) is 76.5 Å². The minimum Gasteiger partial charge on any atom is -0.456 e. The first-order valence-corrected chi connectivity index (χ1v) is 23.1. The van der Waals surface area contributed by atoms with Crippen molar-refractivity contribution in [2.24, 2.45) is 0 Å². The summed E-state index contributed by atoms with van der Waals surface area (Å²) in [6.07, 6.45) is 0. The lowest BCUT2D eigenvalue weighted by Gasteiger charge is -2.30. The van der Waals surface area contributed by atoms with Gasteiger partial charge in [0.2, 0.25) is 0 Å². The van der Waals surface area contributed by atoms with Crippen LogP contribution in [0, 0.1) is 0 Å². The number of para-hydroxylation sites is 4. The molecule has 14 rings (SSSR count). The molecule has 2 aliphatic rings. The maximum atomic E-state index is 7.03. The van der Waals surface area contributed by atoms with Gasteiger partial charge in [0.05, 0.1) is 17.1 Å². The van der Waals surface area contributed by atoms with Gasteiger partial charge in [0.15, 0.2) is 5.58 Å². The number of furan rings is 1. The van der Waals surface area contributed by atoms with Crippen LogP contribution in [0.5, 0.6) is 11.5 Å². The molecule has 11 aromatic carbocycles. The van der Waals surface area contributed by atoms with Crippen molar-refractivity contribution in [3.63, 3.8) is 0 Å². The van der Waals surface area contributed by atoms with Gasteiger partial charge in [-0.2, -0.15) is 0 Å². The molecule has 4 heteroatoms. The lowest BCUT2D eigenvalue weighted by Crippen LogP contribution is -2.16. The van der Waals surface area contributed by atoms with E-state index in [1.807, 2.05) is 12.1 Å². The van der Waals surface area contributed by atoms with Crippen LogP contribution in [0.3, 0.4) is 0 Å². The lowest BCUT2D eigenvalue weighted by molar-refractivity contribution is 0.487. The molecule has 0 atom stereocenters. The van der Waals surface area contributed by atoms with Gasteiger partial charge in [0, 0.05) is 55.7 Å². The number of anilines is 6. The zero-order valence-corrected chi connectivity index (χ0v) is 37.0. The molecular weight excluding hydrogens is 817 g/mol. The van der Waals surface area contributed by atoms with Gasteiger partial charge in [0.1, 0.15) is 17.1 Å². The molecular formula is C63H42N2O2. The highest BCUT2D eigenvalue weighted by Gasteiger charge is 2.36. The molecule has 0 unspecified atom stereocenters. The summed E-state index contributed by atoms with van der Waals surface area (Å²) < 4.78 is 13.6. The van der Waals surface area contributed by atoms with Crippen LogP contribution < -0.4 is 14.5 Å². The van der Waals surface area contributed by atoms with E-state index in [1.54, 1.807) is 0 Å². The summed E-state index contributed by atoms with van der Waals surface area (Å²) in [4.78, 5) is 4.73. The van der Waals surface area contributed by atoms with E-state index in [2.05, 4.69) is 230 Å². The number of rotatable bonds is 6. The molecule has 4 nitrogen and oxygen atoms in total. The fourth-order valence-electron chi connectivity index (χ4n) is 11.3. The van der Waals surface area contributed by atoms with Crippen LogP contribution in [0.15, 0.2) is 223 Å².